The summed E-state index contributed by atoms with van der Waals surface area (Å²) in [5.41, 5.74) is 2.37. The SMILES string of the molecule is CCc1ccccc1-c1nc(C(C)(C)C)c(C(=O)OC)o1. The van der Waals surface area contributed by atoms with E-state index in [-0.39, 0.29) is 11.2 Å². The van der Waals surface area contributed by atoms with Crippen molar-refractivity contribution in [3.63, 3.8) is 0 Å². The molecule has 0 amide bonds. The monoisotopic (exact) mass is 287 g/mol. The summed E-state index contributed by atoms with van der Waals surface area (Å²) in [5.74, 6) is 0.163. The number of carbonyl (C=O) groups excluding carboxylic acids is 1. The van der Waals surface area contributed by atoms with Crippen molar-refractivity contribution in [2.75, 3.05) is 7.11 Å². The molecule has 0 fully saturated rings. The Morgan fingerprint density at radius 2 is 1.95 bits per heavy atom. The summed E-state index contributed by atoms with van der Waals surface area (Å²) in [7, 11) is 1.34. The molecule has 0 aliphatic carbocycles. The quantitative estimate of drug-likeness (QED) is 0.801. The largest absolute Gasteiger partial charge is 0.463 e. The van der Waals surface area contributed by atoms with Gasteiger partial charge < -0.3 is 9.15 Å². The highest BCUT2D eigenvalue weighted by atomic mass is 16.5. The maximum Gasteiger partial charge on any atom is 0.376 e. The van der Waals surface area contributed by atoms with Gasteiger partial charge in [-0.25, -0.2) is 9.78 Å². The summed E-state index contributed by atoms with van der Waals surface area (Å²) in [6.45, 7) is 8.06. The minimum absolute atomic E-state index is 0.186. The van der Waals surface area contributed by atoms with Crippen molar-refractivity contribution in [1.29, 1.82) is 0 Å². The van der Waals surface area contributed by atoms with Gasteiger partial charge in [0.05, 0.1) is 7.11 Å². The Balaban J connectivity index is 2.61. The third kappa shape index (κ3) is 2.99. The van der Waals surface area contributed by atoms with Crippen molar-refractivity contribution in [1.82, 2.24) is 4.98 Å². The first-order chi connectivity index (χ1) is 9.88. The normalized spacial score (nSPS) is 11.5. The van der Waals surface area contributed by atoms with Gasteiger partial charge in [0.2, 0.25) is 11.7 Å². The number of carbonyl (C=O) groups is 1. The smallest absolute Gasteiger partial charge is 0.376 e. The topological polar surface area (TPSA) is 52.3 Å². The fourth-order valence-corrected chi connectivity index (χ4v) is 2.21. The highest BCUT2D eigenvalue weighted by Crippen LogP contribution is 2.32. The molecule has 0 aliphatic rings. The highest BCUT2D eigenvalue weighted by molar-refractivity contribution is 5.88. The van der Waals surface area contributed by atoms with Crippen LogP contribution >= 0.6 is 0 Å². The van der Waals surface area contributed by atoms with E-state index in [1.54, 1.807) is 0 Å². The number of ether oxygens (including phenoxy) is 1. The van der Waals surface area contributed by atoms with Gasteiger partial charge in [-0.15, -0.1) is 0 Å². The van der Waals surface area contributed by atoms with Crippen LogP contribution < -0.4 is 0 Å². The number of oxazole rings is 1. The van der Waals surface area contributed by atoms with E-state index < -0.39 is 5.97 Å². The fraction of sp³-hybridized carbons (Fsp3) is 0.412. The Hall–Kier alpha value is -2.10. The second-order valence-corrected chi connectivity index (χ2v) is 5.95. The van der Waals surface area contributed by atoms with E-state index in [9.17, 15) is 4.79 Å². The molecule has 0 aliphatic heterocycles. The predicted molar refractivity (Wildman–Crippen MR) is 81.4 cm³/mol. The number of methoxy groups -OCH3 is 1. The average Bonchev–Trinajstić information content (AvgIpc) is 2.91. The van der Waals surface area contributed by atoms with Crippen molar-refractivity contribution < 1.29 is 13.9 Å². The van der Waals surface area contributed by atoms with Crippen LogP contribution in [-0.4, -0.2) is 18.1 Å². The molecule has 0 bridgehead atoms. The average molecular weight is 287 g/mol. The van der Waals surface area contributed by atoms with Crippen LogP contribution in [0.5, 0.6) is 0 Å². The molecule has 4 nitrogen and oxygen atoms in total. The summed E-state index contributed by atoms with van der Waals surface area (Å²) in [6.07, 6.45) is 0.872. The van der Waals surface area contributed by atoms with E-state index in [0.29, 0.717) is 11.6 Å². The Kier molecular flexibility index (Phi) is 4.16. The molecule has 2 aromatic rings. The molecule has 21 heavy (non-hydrogen) atoms. The van der Waals surface area contributed by atoms with Crippen molar-refractivity contribution >= 4 is 5.97 Å². The molecule has 1 heterocycles. The van der Waals surface area contributed by atoms with E-state index in [4.69, 9.17) is 9.15 Å². The van der Waals surface area contributed by atoms with Crippen LogP contribution in [-0.2, 0) is 16.6 Å². The van der Waals surface area contributed by atoms with E-state index >= 15 is 0 Å². The summed E-state index contributed by atoms with van der Waals surface area (Å²) >= 11 is 0. The molecule has 0 N–H and O–H groups in total. The Morgan fingerprint density at radius 3 is 2.52 bits per heavy atom. The lowest BCUT2D eigenvalue weighted by Gasteiger charge is -2.15. The van der Waals surface area contributed by atoms with Crippen LogP contribution in [0.1, 0.15) is 49.5 Å². The first-order valence-electron chi connectivity index (χ1n) is 7.06. The number of nitrogens with zero attached hydrogens (tertiary/aromatic N) is 1. The number of benzene rings is 1. The molecule has 0 saturated carbocycles. The molecule has 0 unspecified atom stereocenters. The number of aryl methyl sites for hydroxylation is 1. The minimum Gasteiger partial charge on any atom is -0.463 e. The van der Waals surface area contributed by atoms with Crippen molar-refractivity contribution in [3.05, 3.63) is 41.3 Å². The Morgan fingerprint density at radius 1 is 1.29 bits per heavy atom. The summed E-state index contributed by atoms with van der Waals surface area (Å²) in [6, 6.07) is 7.91. The first kappa shape index (κ1) is 15.3. The number of rotatable bonds is 3. The zero-order valence-corrected chi connectivity index (χ0v) is 13.2. The number of esters is 1. The standard InChI is InChI=1S/C17H21NO3/c1-6-11-9-7-8-10-12(11)15-18-14(17(2,3)4)13(21-15)16(19)20-5/h7-10H,6H2,1-5H3. The molecular weight excluding hydrogens is 266 g/mol. The lowest BCUT2D eigenvalue weighted by atomic mass is 9.91. The molecular formula is C17H21NO3. The van der Waals surface area contributed by atoms with Gasteiger partial charge in [0.15, 0.2) is 0 Å². The molecule has 1 aromatic carbocycles. The van der Waals surface area contributed by atoms with Crippen LogP contribution in [0.2, 0.25) is 0 Å². The second-order valence-electron chi connectivity index (χ2n) is 5.95. The second kappa shape index (κ2) is 5.72. The van der Waals surface area contributed by atoms with Gasteiger partial charge in [-0.05, 0) is 18.1 Å². The van der Waals surface area contributed by atoms with Gasteiger partial charge in [-0.2, -0.15) is 0 Å². The Labute approximate surface area is 125 Å². The lowest BCUT2D eigenvalue weighted by molar-refractivity contribution is 0.0562. The highest BCUT2D eigenvalue weighted by Gasteiger charge is 2.30. The molecule has 0 radical (unpaired) electrons. The van der Waals surface area contributed by atoms with Crippen LogP contribution in [0.15, 0.2) is 28.7 Å². The summed E-state index contributed by atoms with van der Waals surface area (Å²) < 4.78 is 10.5. The Bertz CT molecular complexity index is 650. The van der Waals surface area contributed by atoms with Crippen LogP contribution in [0.25, 0.3) is 11.5 Å². The summed E-state index contributed by atoms with van der Waals surface area (Å²) in [5, 5.41) is 0. The van der Waals surface area contributed by atoms with Gasteiger partial charge in [-0.1, -0.05) is 45.9 Å². The van der Waals surface area contributed by atoms with E-state index in [2.05, 4.69) is 11.9 Å². The number of hydrogen-bond donors (Lipinski definition) is 0. The molecule has 112 valence electrons. The van der Waals surface area contributed by atoms with Crippen LogP contribution in [0, 0.1) is 0 Å². The van der Waals surface area contributed by atoms with Crippen molar-refractivity contribution in [2.45, 2.75) is 39.5 Å². The molecule has 0 saturated heterocycles. The third-order valence-electron chi connectivity index (χ3n) is 3.34. The van der Waals surface area contributed by atoms with Gasteiger partial charge in [0.1, 0.15) is 5.69 Å². The van der Waals surface area contributed by atoms with Crippen molar-refractivity contribution in [2.24, 2.45) is 0 Å². The number of hydrogen-bond acceptors (Lipinski definition) is 4. The maximum absolute atomic E-state index is 11.9. The summed E-state index contributed by atoms with van der Waals surface area (Å²) in [4.78, 5) is 16.5. The molecule has 0 spiro atoms. The fourth-order valence-electron chi connectivity index (χ4n) is 2.21. The van der Waals surface area contributed by atoms with E-state index in [1.807, 2.05) is 45.0 Å². The van der Waals surface area contributed by atoms with Crippen LogP contribution in [0.4, 0.5) is 0 Å². The zero-order valence-electron chi connectivity index (χ0n) is 13.2. The van der Waals surface area contributed by atoms with Crippen molar-refractivity contribution in [3.8, 4) is 11.5 Å². The third-order valence-corrected chi connectivity index (χ3v) is 3.34. The van der Waals surface area contributed by atoms with Crippen LogP contribution in [0.3, 0.4) is 0 Å². The van der Waals surface area contributed by atoms with Gasteiger partial charge in [-0.3, -0.25) is 0 Å². The molecule has 1 aromatic heterocycles. The first-order valence-corrected chi connectivity index (χ1v) is 7.06. The molecule has 2 rings (SSSR count). The minimum atomic E-state index is -0.493. The molecule has 4 heteroatoms. The van der Waals surface area contributed by atoms with Gasteiger partial charge >= 0.3 is 5.97 Å². The maximum atomic E-state index is 11.9. The molecule has 0 atom stereocenters. The number of aromatic nitrogens is 1. The van der Waals surface area contributed by atoms with Gasteiger partial charge in [0.25, 0.3) is 0 Å². The van der Waals surface area contributed by atoms with Gasteiger partial charge in [0, 0.05) is 11.0 Å². The predicted octanol–water partition coefficient (Wildman–Crippen LogP) is 3.99. The van der Waals surface area contributed by atoms with E-state index in [1.165, 1.54) is 7.11 Å². The zero-order chi connectivity index (χ0) is 15.6. The van der Waals surface area contributed by atoms with E-state index in [0.717, 1.165) is 17.5 Å². The lowest BCUT2D eigenvalue weighted by Crippen LogP contribution is -2.17.